The number of nitrogens with zero attached hydrogens (tertiary/aromatic N) is 5. The lowest BCUT2D eigenvalue weighted by molar-refractivity contribution is 0.0147. The van der Waals surface area contributed by atoms with E-state index in [1.54, 1.807) is 0 Å². The highest BCUT2D eigenvalue weighted by Gasteiger charge is 2.56. The first kappa shape index (κ1) is 33.9. The molecule has 2 aromatic carbocycles. The zero-order chi connectivity index (χ0) is 36.5. The van der Waals surface area contributed by atoms with E-state index in [4.69, 9.17) is 24.4 Å². The molecule has 5 atom stereocenters. The fourth-order valence-corrected chi connectivity index (χ4v) is 7.73. The summed E-state index contributed by atoms with van der Waals surface area (Å²) >= 11 is 0. The van der Waals surface area contributed by atoms with Crippen LogP contribution in [0.3, 0.4) is 0 Å². The van der Waals surface area contributed by atoms with Crippen molar-refractivity contribution in [3.63, 3.8) is 0 Å². The minimum Gasteiger partial charge on any atom is -0.444 e. The molecule has 2 amide bonds. The highest BCUT2D eigenvalue weighted by molar-refractivity contribution is 5.86. The Labute approximate surface area is 304 Å². The van der Waals surface area contributed by atoms with Gasteiger partial charge in [0.2, 0.25) is 0 Å². The molecule has 2 aliphatic heterocycles. The number of fused-ring (bicyclic) bond motifs is 2. The molecule has 1 aliphatic carbocycles. The number of benzene rings is 2. The van der Waals surface area contributed by atoms with E-state index in [-0.39, 0.29) is 36.4 Å². The van der Waals surface area contributed by atoms with Crippen molar-refractivity contribution in [2.75, 3.05) is 0 Å². The molecule has 2 saturated heterocycles. The molecule has 270 valence electrons. The Morgan fingerprint density at radius 2 is 1.44 bits per heavy atom. The maximum atomic E-state index is 13.0. The Kier molecular flexibility index (Phi) is 8.15. The zero-order valence-corrected chi connectivity index (χ0v) is 30.9. The van der Waals surface area contributed by atoms with Gasteiger partial charge in [-0.25, -0.2) is 24.5 Å². The molecule has 0 unspecified atom stereocenters. The number of carbonyl (C=O) groups excluding carboxylic acids is 2. The standard InChI is InChI=1S/C41H47N7O4/c1-23-8-17-33(47(23)38(49)51-40(2,3)4)36-43-22-32(46-36)30-16-14-27-18-26(13-15-29(27)44-30)24-9-11-25(12-10-24)31-21-42-37(45-31)35-20-28-19-34(28)48(35)39(50)52-41(5,6)7/h9-16,18,21-23,28,33-35H,8,17,19-20H2,1-7H3,(H,42,45)(H,43,46)/t23-,28-,33+,34-,35+/m1/s1. The number of pyridine rings is 1. The number of piperidine rings is 1. The molecule has 0 spiro atoms. The molecule has 8 rings (SSSR count). The van der Waals surface area contributed by atoms with Gasteiger partial charge in [0, 0.05) is 23.7 Å². The SMILES string of the molecule is C[C@@H]1CC[C@@H](c2nc(-c3ccc4cc(-c5ccc(-c6cnc([C@@H]7C[C@H]8C[C@H]8N7C(=O)OC(C)(C)C)[nH]6)cc5)ccc4n3)c[nH]2)N1C(=O)OC(C)(C)C. The second kappa shape index (κ2) is 12.5. The van der Waals surface area contributed by atoms with Crippen LogP contribution in [0.2, 0.25) is 0 Å². The molecule has 3 fully saturated rings. The summed E-state index contributed by atoms with van der Waals surface area (Å²) in [5.74, 6) is 2.08. The molecule has 0 radical (unpaired) electrons. The topological polar surface area (TPSA) is 129 Å². The van der Waals surface area contributed by atoms with Gasteiger partial charge in [-0.05, 0) is 115 Å². The quantitative estimate of drug-likeness (QED) is 0.187. The predicted molar refractivity (Wildman–Crippen MR) is 199 cm³/mol. The van der Waals surface area contributed by atoms with E-state index in [0.717, 1.165) is 82.0 Å². The van der Waals surface area contributed by atoms with E-state index in [2.05, 4.69) is 59.4 Å². The van der Waals surface area contributed by atoms with Crippen LogP contribution in [0.1, 0.15) is 97.9 Å². The third-order valence-corrected chi connectivity index (χ3v) is 10.3. The Hall–Kier alpha value is -5.19. The summed E-state index contributed by atoms with van der Waals surface area (Å²) in [4.78, 5) is 51.1. The van der Waals surface area contributed by atoms with Gasteiger partial charge >= 0.3 is 12.2 Å². The number of nitrogens with one attached hydrogen (secondary N) is 2. The van der Waals surface area contributed by atoms with Gasteiger partial charge in [0.15, 0.2) is 0 Å². The molecule has 0 bridgehead atoms. The normalized spacial score (nSPS) is 22.9. The van der Waals surface area contributed by atoms with Crippen LogP contribution in [0, 0.1) is 5.92 Å². The highest BCUT2D eigenvalue weighted by atomic mass is 16.6. The Balaban J connectivity index is 0.960. The number of ether oxygens (including phenoxy) is 2. The average Bonchev–Trinajstić information content (AvgIpc) is 3.57. The maximum absolute atomic E-state index is 13.0. The van der Waals surface area contributed by atoms with Crippen LogP contribution in [0.4, 0.5) is 9.59 Å². The zero-order valence-electron chi connectivity index (χ0n) is 30.9. The number of aromatic nitrogens is 5. The van der Waals surface area contributed by atoms with Gasteiger partial charge in [-0.1, -0.05) is 36.4 Å². The Morgan fingerprint density at radius 1 is 0.750 bits per heavy atom. The molecule has 11 nitrogen and oxygen atoms in total. The van der Waals surface area contributed by atoms with Crippen molar-refractivity contribution in [3.05, 3.63) is 78.6 Å². The Morgan fingerprint density at radius 3 is 2.17 bits per heavy atom. The van der Waals surface area contributed by atoms with Crippen LogP contribution in [0.5, 0.6) is 0 Å². The molecule has 5 heterocycles. The van der Waals surface area contributed by atoms with Gasteiger partial charge in [-0.2, -0.15) is 0 Å². The monoisotopic (exact) mass is 701 g/mol. The van der Waals surface area contributed by atoms with Crippen molar-refractivity contribution < 1.29 is 19.1 Å². The number of hydrogen-bond donors (Lipinski definition) is 2. The van der Waals surface area contributed by atoms with Crippen LogP contribution in [-0.2, 0) is 9.47 Å². The van der Waals surface area contributed by atoms with Gasteiger partial charge in [-0.3, -0.25) is 9.80 Å². The number of likely N-dealkylation sites (tertiary alicyclic amines) is 2. The van der Waals surface area contributed by atoms with Gasteiger partial charge < -0.3 is 19.4 Å². The highest BCUT2D eigenvalue weighted by Crippen LogP contribution is 2.53. The molecular weight excluding hydrogens is 654 g/mol. The van der Waals surface area contributed by atoms with E-state index in [1.807, 2.05) is 75.9 Å². The number of amides is 2. The molecule has 11 heteroatoms. The van der Waals surface area contributed by atoms with E-state index in [0.29, 0.717) is 5.92 Å². The van der Waals surface area contributed by atoms with Crippen LogP contribution in [-0.4, -0.2) is 70.2 Å². The van der Waals surface area contributed by atoms with Gasteiger partial charge in [-0.15, -0.1) is 0 Å². The van der Waals surface area contributed by atoms with E-state index < -0.39 is 11.2 Å². The summed E-state index contributed by atoms with van der Waals surface area (Å²) in [6.07, 6.45) is 6.81. The van der Waals surface area contributed by atoms with E-state index in [9.17, 15) is 9.59 Å². The lowest BCUT2D eigenvalue weighted by Crippen LogP contribution is -2.40. The predicted octanol–water partition coefficient (Wildman–Crippen LogP) is 9.21. The minimum atomic E-state index is -0.563. The lowest BCUT2D eigenvalue weighted by atomic mass is 10.0. The van der Waals surface area contributed by atoms with E-state index in [1.165, 1.54) is 0 Å². The van der Waals surface area contributed by atoms with Gasteiger partial charge in [0.25, 0.3) is 0 Å². The second-order valence-electron chi connectivity index (χ2n) is 16.6. The van der Waals surface area contributed by atoms with Crippen molar-refractivity contribution >= 4 is 23.1 Å². The van der Waals surface area contributed by atoms with Gasteiger partial charge in [0.1, 0.15) is 28.5 Å². The number of carbonyl (C=O) groups is 2. The summed E-state index contributed by atoms with van der Waals surface area (Å²) in [6, 6.07) is 18.8. The van der Waals surface area contributed by atoms with Crippen LogP contribution in [0.25, 0.3) is 44.7 Å². The van der Waals surface area contributed by atoms with Crippen LogP contribution in [0.15, 0.2) is 67.0 Å². The maximum Gasteiger partial charge on any atom is 0.411 e. The van der Waals surface area contributed by atoms with Crippen LogP contribution < -0.4 is 0 Å². The summed E-state index contributed by atoms with van der Waals surface area (Å²) in [6.45, 7) is 13.4. The number of aromatic amines is 2. The molecule has 3 aromatic heterocycles. The van der Waals surface area contributed by atoms with Crippen molar-refractivity contribution in [1.29, 1.82) is 0 Å². The van der Waals surface area contributed by atoms with Crippen molar-refractivity contribution in [2.24, 2.45) is 5.92 Å². The van der Waals surface area contributed by atoms with Crippen molar-refractivity contribution in [1.82, 2.24) is 34.7 Å². The molecule has 52 heavy (non-hydrogen) atoms. The molecule has 2 N–H and O–H groups in total. The summed E-state index contributed by atoms with van der Waals surface area (Å²) in [5.41, 5.74) is 5.42. The molecule has 1 saturated carbocycles. The lowest BCUT2D eigenvalue weighted by Gasteiger charge is -2.30. The fraction of sp³-hybridized carbons (Fsp3) is 0.439. The first-order valence-electron chi connectivity index (χ1n) is 18.4. The third kappa shape index (κ3) is 6.64. The van der Waals surface area contributed by atoms with Crippen LogP contribution >= 0.6 is 0 Å². The molecule has 5 aromatic rings. The van der Waals surface area contributed by atoms with Crippen molar-refractivity contribution in [3.8, 4) is 33.8 Å². The fourth-order valence-electron chi connectivity index (χ4n) is 7.73. The summed E-state index contributed by atoms with van der Waals surface area (Å²) in [7, 11) is 0. The summed E-state index contributed by atoms with van der Waals surface area (Å²) in [5, 5.41) is 1.03. The molecule has 3 aliphatic rings. The summed E-state index contributed by atoms with van der Waals surface area (Å²) < 4.78 is 11.4. The van der Waals surface area contributed by atoms with E-state index >= 15 is 0 Å². The average molecular weight is 702 g/mol. The number of rotatable bonds is 5. The first-order chi connectivity index (χ1) is 24.7. The van der Waals surface area contributed by atoms with Gasteiger partial charge in [0.05, 0.1) is 35.2 Å². The minimum absolute atomic E-state index is 0.0710. The van der Waals surface area contributed by atoms with Crippen molar-refractivity contribution in [2.45, 2.75) is 110 Å². The second-order valence-corrected chi connectivity index (χ2v) is 16.6. The number of imidazole rings is 2. The first-order valence-corrected chi connectivity index (χ1v) is 18.4. The smallest absolute Gasteiger partial charge is 0.411 e. The number of hydrogen-bond acceptors (Lipinski definition) is 7. The largest absolute Gasteiger partial charge is 0.444 e. The third-order valence-electron chi connectivity index (χ3n) is 10.3. The number of H-pyrrole nitrogens is 2. The Bertz CT molecular complexity index is 2140. The molecular formula is C41H47N7O4.